The van der Waals surface area contributed by atoms with Gasteiger partial charge >= 0.3 is 0 Å². The van der Waals surface area contributed by atoms with E-state index >= 15 is 0 Å². The highest BCUT2D eigenvalue weighted by Gasteiger charge is 2.15. The van der Waals surface area contributed by atoms with Gasteiger partial charge in [-0.2, -0.15) is 0 Å². The minimum absolute atomic E-state index is 0.516. The smallest absolute Gasteiger partial charge is 0.118 e. The third-order valence-corrected chi connectivity index (χ3v) is 5.24. The summed E-state index contributed by atoms with van der Waals surface area (Å²) >= 11 is 1.67. The number of anilines is 1. The van der Waals surface area contributed by atoms with Crippen molar-refractivity contribution in [1.82, 2.24) is 0 Å². The fourth-order valence-electron chi connectivity index (χ4n) is 2.98. The maximum Gasteiger partial charge on any atom is 0.118 e. The topological polar surface area (TPSA) is 59.1 Å². The monoisotopic (exact) mass is 332 g/mol. The Morgan fingerprint density at radius 3 is 2.50 bits per heavy atom. The number of hydrogen-bond acceptors (Lipinski definition) is 4. The van der Waals surface area contributed by atoms with Gasteiger partial charge in [-0.05, 0) is 47.5 Å². The van der Waals surface area contributed by atoms with Gasteiger partial charge in [0, 0.05) is 26.2 Å². The highest BCUT2D eigenvalue weighted by atomic mass is 32.1. The van der Waals surface area contributed by atoms with E-state index in [-0.39, 0.29) is 0 Å². The van der Waals surface area contributed by atoms with Gasteiger partial charge in [0.15, 0.2) is 0 Å². The lowest BCUT2D eigenvalue weighted by Crippen LogP contribution is -1.99. The average molecular weight is 332 g/mol. The van der Waals surface area contributed by atoms with Gasteiger partial charge in [-0.1, -0.05) is 24.3 Å². The SMILES string of the molecule is COc1ccc(-c2c3ccc(=N)cc-3sc3cc(N)ccc23)cc1. The number of rotatable bonds is 2. The van der Waals surface area contributed by atoms with Crippen molar-refractivity contribution in [3.63, 3.8) is 0 Å². The van der Waals surface area contributed by atoms with Crippen LogP contribution in [-0.4, -0.2) is 7.11 Å². The molecule has 0 saturated heterocycles. The van der Waals surface area contributed by atoms with Gasteiger partial charge in [-0.3, -0.25) is 0 Å². The molecule has 4 rings (SSSR count). The van der Waals surface area contributed by atoms with Crippen molar-refractivity contribution >= 4 is 27.1 Å². The second-order valence-corrected chi connectivity index (χ2v) is 6.76. The normalized spacial score (nSPS) is 11.0. The molecule has 118 valence electrons. The van der Waals surface area contributed by atoms with Crippen molar-refractivity contribution in [1.29, 1.82) is 5.41 Å². The highest BCUT2D eigenvalue weighted by molar-refractivity contribution is 7.21. The fraction of sp³-hybridized carbons (Fsp3) is 0.0500. The first-order valence-electron chi connectivity index (χ1n) is 7.61. The number of benzene rings is 3. The molecule has 0 bridgehead atoms. The lowest BCUT2D eigenvalue weighted by atomic mass is 9.95. The molecule has 0 atom stereocenters. The van der Waals surface area contributed by atoms with Crippen LogP contribution in [0.3, 0.4) is 0 Å². The third kappa shape index (κ3) is 2.41. The zero-order valence-corrected chi connectivity index (χ0v) is 14.0. The number of nitrogen functional groups attached to an aromatic ring is 1. The Morgan fingerprint density at radius 2 is 1.75 bits per heavy atom. The summed E-state index contributed by atoms with van der Waals surface area (Å²) < 4.78 is 6.40. The first kappa shape index (κ1) is 14.7. The Hall–Kier alpha value is -2.85. The number of fused-ring (bicyclic) bond motifs is 2. The largest absolute Gasteiger partial charge is 0.497 e. The number of ether oxygens (including phenoxy) is 1. The lowest BCUT2D eigenvalue weighted by Gasteiger charge is -2.16. The van der Waals surface area contributed by atoms with Crippen molar-refractivity contribution in [3.8, 4) is 27.3 Å². The van der Waals surface area contributed by atoms with E-state index in [9.17, 15) is 0 Å². The zero-order chi connectivity index (χ0) is 16.7. The maximum absolute atomic E-state index is 7.92. The van der Waals surface area contributed by atoms with Crippen molar-refractivity contribution in [2.24, 2.45) is 0 Å². The molecule has 0 saturated carbocycles. The fourth-order valence-corrected chi connectivity index (χ4v) is 4.15. The molecule has 2 aromatic carbocycles. The molecule has 0 aromatic heterocycles. The first-order chi connectivity index (χ1) is 11.7. The van der Waals surface area contributed by atoms with Gasteiger partial charge in [0.25, 0.3) is 0 Å². The molecule has 3 nitrogen and oxygen atoms in total. The molecule has 0 spiro atoms. The van der Waals surface area contributed by atoms with Crippen molar-refractivity contribution in [2.45, 2.75) is 0 Å². The molecular weight excluding hydrogens is 316 g/mol. The van der Waals surface area contributed by atoms with E-state index < -0.39 is 0 Å². The Bertz CT molecular complexity index is 1070. The molecule has 1 aliphatic heterocycles. The molecule has 0 radical (unpaired) electrons. The van der Waals surface area contributed by atoms with Gasteiger partial charge < -0.3 is 15.9 Å². The molecular formula is C20H16N2OS. The summed E-state index contributed by atoms with van der Waals surface area (Å²) in [5.74, 6) is 0.837. The quantitative estimate of drug-likeness (QED) is 0.411. The predicted octanol–water partition coefficient (Wildman–Crippen LogP) is 4.74. The summed E-state index contributed by atoms with van der Waals surface area (Å²) in [6.07, 6.45) is 0. The van der Waals surface area contributed by atoms with Crippen LogP contribution in [0.2, 0.25) is 0 Å². The van der Waals surface area contributed by atoms with Gasteiger partial charge in [0.05, 0.1) is 12.5 Å². The van der Waals surface area contributed by atoms with Gasteiger partial charge in [0.2, 0.25) is 0 Å². The van der Waals surface area contributed by atoms with E-state index in [2.05, 4.69) is 18.2 Å². The third-order valence-electron chi connectivity index (χ3n) is 4.12. The molecule has 24 heavy (non-hydrogen) atoms. The minimum atomic E-state index is 0.516. The number of methoxy groups -OCH3 is 1. The number of hydrogen-bond donors (Lipinski definition) is 2. The summed E-state index contributed by atoms with van der Waals surface area (Å²) in [6, 6.07) is 19.9. The van der Waals surface area contributed by atoms with Crippen LogP contribution in [0.15, 0.2) is 60.7 Å². The summed E-state index contributed by atoms with van der Waals surface area (Å²) in [5.41, 5.74) is 10.2. The van der Waals surface area contributed by atoms with Crippen LogP contribution in [-0.2, 0) is 0 Å². The second kappa shape index (κ2) is 5.65. The van der Waals surface area contributed by atoms with Crippen LogP contribution in [0.1, 0.15) is 0 Å². The molecule has 1 heterocycles. The van der Waals surface area contributed by atoms with Crippen LogP contribution < -0.4 is 15.8 Å². The van der Waals surface area contributed by atoms with E-state index in [1.54, 1.807) is 18.4 Å². The Labute approximate surface area is 143 Å². The highest BCUT2D eigenvalue weighted by Crippen LogP contribution is 2.43. The Balaban J connectivity index is 2.11. The second-order valence-electron chi connectivity index (χ2n) is 5.67. The van der Waals surface area contributed by atoms with Crippen LogP contribution in [0.4, 0.5) is 5.69 Å². The molecule has 0 unspecified atom stereocenters. The van der Waals surface area contributed by atoms with Crippen LogP contribution in [0.5, 0.6) is 5.75 Å². The molecule has 0 fully saturated rings. The van der Waals surface area contributed by atoms with E-state index in [1.165, 1.54) is 10.9 Å². The van der Waals surface area contributed by atoms with Gasteiger partial charge in [-0.25, -0.2) is 0 Å². The van der Waals surface area contributed by atoms with Crippen molar-refractivity contribution in [3.05, 3.63) is 66.0 Å². The molecule has 4 heteroatoms. The van der Waals surface area contributed by atoms with E-state index in [4.69, 9.17) is 15.9 Å². The van der Waals surface area contributed by atoms with E-state index in [1.807, 2.05) is 42.5 Å². The standard InChI is InChI=1S/C20H16N2OS/c1-23-15-6-2-12(3-7-15)20-16-8-4-13(21)10-18(16)24-19-11-14(22)5-9-17(19)20/h2-11,21H,22H2,1H3. The Morgan fingerprint density at radius 1 is 0.958 bits per heavy atom. The molecule has 2 aliphatic rings. The van der Waals surface area contributed by atoms with Crippen LogP contribution in [0, 0.1) is 5.41 Å². The summed E-state index contributed by atoms with van der Waals surface area (Å²) in [4.78, 5) is 1.09. The summed E-state index contributed by atoms with van der Waals surface area (Å²) in [7, 11) is 1.67. The Kier molecular flexibility index (Phi) is 3.47. The van der Waals surface area contributed by atoms with Crippen LogP contribution in [0.25, 0.3) is 31.7 Å². The molecule has 2 aromatic rings. The van der Waals surface area contributed by atoms with E-state index in [0.29, 0.717) is 5.36 Å². The minimum Gasteiger partial charge on any atom is -0.497 e. The van der Waals surface area contributed by atoms with Crippen molar-refractivity contribution in [2.75, 3.05) is 12.8 Å². The molecule has 1 aliphatic carbocycles. The lowest BCUT2D eigenvalue weighted by molar-refractivity contribution is 0.415. The first-order valence-corrected chi connectivity index (χ1v) is 8.42. The zero-order valence-electron chi connectivity index (χ0n) is 13.2. The molecule has 0 amide bonds. The molecule has 3 N–H and O–H groups in total. The average Bonchev–Trinajstić information content (AvgIpc) is 2.59. The van der Waals surface area contributed by atoms with Crippen molar-refractivity contribution < 1.29 is 4.74 Å². The van der Waals surface area contributed by atoms with Gasteiger partial charge in [0.1, 0.15) is 5.75 Å². The van der Waals surface area contributed by atoms with Crippen LogP contribution >= 0.6 is 11.3 Å². The maximum atomic E-state index is 7.92. The van der Waals surface area contributed by atoms with E-state index in [0.717, 1.165) is 32.1 Å². The predicted molar refractivity (Wildman–Crippen MR) is 101 cm³/mol. The number of nitrogens with two attached hydrogens (primary N) is 1. The summed E-state index contributed by atoms with van der Waals surface area (Å²) in [5, 5.41) is 9.61. The number of nitrogens with one attached hydrogen (secondary N) is 1. The summed E-state index contributed by atoms with van der Waals surface area (Å²) in [6.45, 7) is 0. The van der Waals surface area contributed by atoms with Gasteiger partial charge in [-0.15, -0.1) is 11.3 Å².